The molecule has 5 heteroatoms. The van der Waals surface area contributed by atoms with Gasteiger partial charge >= 0.3 is 9.28 Å². The summed E-state index contributed by atoms with van der Waals surface area (Å²) in [5, 5.41) is 0. The minimum absolute atomic E-state index is 0.293. The van der Waals surface area contributed by atoms with E-state index in [1.807, 2.05) is 6.55 Å². The Hall–Kier alpha value is -0.989. The molecule has 0 fully saturated rings. The summed E-state index contributed by atoms with van der Waals surface area (Å²) >= 11 is 0. The van der Waals surface area contributed by atoms with E-state index in [-0.39, 0.29) is 0 Å². The molecule has 0 aliphatic heterocycles. The van der Waals surface area contributed by atoms with Crippen LogP contribution in [0, 0.1) is 0 Å². The van der Waals surface area contributed by atoms with E-state index in [0.29, 0.717) is 5.54 Å². The molecule has 0 saturated heterocycles. The van der Waals surface area contributed by atoms with Gasteiger partial charge in [-0.2, -0.15) is 0 Å². The molecule has 4 radical (unpaired) electrons. The lowest BCUT2D eigenvalue weighted by atomic mass is 10.0. The van der Waals surface area contributed by atoms with Crippen molar-refractivity contribution in [2.24, 2.45) is 0 Å². The molecule has 0 atom stereocenters. The predicted molar refractivity (Wildman–Crippen MR) is 91.8 cm³/mol. The van der Waals surface area contributed by atoms with E-state index in [0.717, 1.165) is 0 Å². The molecule has 0 aliphatic carbocycles. The predicted octanol–water partition coefficient (Wildman–Crippen LogP) is 3.80. The Morgan fingerprint density at radius 2 is 1.33 bits per heavy atom. The van der Waals surface area contributed by atoms with Crippen molar-refractivity contribution in [3.05, 3.63) is 71.8 Å². The van der Waals surface area contributed by atoms with Crippen molar-refractivity contribution < 1.29 is 8.23 Å². The van der Waals surface area contributed by atoms with Crippen LogP contribution in [0.2, 0.25) is 19.6 Å². The molecular formula is C16H20O2Si3. The van der Waals surface area contributed by atoms with Crippen LogP contribution in [-0.4, -0.2) is 28.1 Å². The first kappa shape index (κ1) is 16.4. The fraction of sp³-hybridized carbons (Fsp3) is 0.250. The van der Waals surface area contributed by atoms with Crippen molar-refractivity contribution in [1.82, 2.24) is 0 Å². The van der Waals surface area contributed by atoms with Gasteiger partial charge in [0.2, 0.25) is 10.5 Å². The Morgan fingerprint density at radius 3 is 1.71 bits per heavy atom. The summed E-state index contributed by atoms with van der Waals surface area (Å²) in [4.78, 5) is 0. The Kier molecular flexibility index (Phi) is 5.72. The molecule has 2 nitrogen and oxygen atoms in total. The fourth-order valence-electron chi connectivity index (χ4n) is 2.74. The smallest absolute Gasteiger partial charge is 0.358 e. The van der Waals surface area contributed by atoms with Gasteiger partial charge in [-0.3, -0.25) is 0 Å². The first-order valence-corrected chi connectivity index (χ1v) is 12.2. The van der Waals surface area contributed by atoms with Crippen LogP contribution in [0.5, 0.6) is 0 Å². The highest BCUT2D eigenvalue weighted by Crippen LogP contribution is 2.34. The molecule has 2 aromatic rings. The maximum Gasteiger partial charge on any atom is 0.358 e. The largest absolute Gasteiger partial charge is 0.436 e. The van der Waals surface area contributed by atoms with Crippen molar-refractivity contribution in [1.29, 1.82) is 0 Å². The highest BCUT2D eigenvalue weighted by molar-refractivity contribution is 6.79. The van der Waals surface area contributed by atoms with Crippen molar-refractivity contribution in [3.8, 4) is 0 Å². The van der Waals surface area contributed by atoms with Crippen molar-refractivity contribution in [3.63, 3.8) is 0 Å². The van der Waals surface area contributed by atoms with Gasteiger partial charge in [-0.05, 0) is 30.8 Å². The second kappa shape index (κ2) is 7.33. The number of hydrogen-bond donors (Lipinski definition) is 0. The molecule has 2 aromatic carbocycles. The second-order valence-electron chi connectivity index (χ2n) is 5.55. The highest BCUT2D eigenvalue weighted by Gasteiger charge is 2.37. The Labute approximate surface area is 133 Å². The van der Waals surface area contributed by atoms with Gasteiger partial charge in [-0.25, -0.2) is 0 Å². The van der Waals surface area contributed by atoms with E-state index in [2.05, 4.69) is 84.2 Å². The first-order chi connectivity index (χ1) is 10.0. The van der Waals surface area contributed by atoms with Gasteiger partial charge in [-0.15, -0.1) is 0 Å². The molecule has 0 heterocycles. The van der Waals surface area contributed by atoms with Crippen LogP contribution >= 0.6 is 0 Å². The minimum atomic E-state index is -2.01. The van der Waals surface area contributed by atoms with Crippen LogP contribution in [0.1, 0.15) is 16.7 Å². The van der Waals surface area contributed by atoms with E-state index in [9.17, 15) is 0 Å². The highest BCUT2D eigenvalue weighted by atomic mass is 28.4. The summed E-state index contributed by atoms with van der Waals surface area (Å²) in [5.74, 6) is 0. The fourth-order valence-corrected chi connectivity index (χ4v) is 8.70. The standard InChI is InChI=1S/C16H20O2Si3/c1-20(17-19)18-21(2,3)16(14-10-6-4-7-11-14)15-12-8-5-9-13-15/h4-13,16H,1-3H3. The first-order valence-electron chi connectivity index (χ1n) is 7.00. The average molecular weight is 329 g/mol. The molecule has 21 heavy (non-hydrogen) atoms. The normalized spacial score (nSPS) is 12.1. The van der Waals surface area contributed by atoms with Crippen molar-refractivity contribution in [2.75, 3.05) is 0 Å². The monoisotopic (exact) mass is 328 g/mol. The van der Waals surface area contributed by atoms with Crippen LogP contribution in [0.3, 0.4) is 0 Å². The van der Waals surface area contributed by atoms with Crippen LogP contribution in [0.15, 0.2) is 60.7 Å². The van der Waals surface area contributed by atoms with Crippen molar-refractivity contribution in [2.45, 2.75) is 25.2 Å². The van der Waals surface area contributed by atoms with E-state index in [4.69, 9.17) is 8.23 Å². The zero-order chi connectivity index (χ0) is 15.3. The van der Waals surface area contributed by atoms with Gasteiger partial charge in [0.1, 0.15) is 0 Å². The number of rotatable bonds is 6. The third-order valence-corrected chi connectivity index (χ3v) is 9.97. The molecule has 0 amide bonds. The molecule has 0 saturated carbocycles. The third kappa shape index (κ3) is 4.24. The lowest BCUT2D eigenvalue weighted by Crippen LogP contribution is -2.44. The molecular weight excluding hydrogens is 308 g/mol. The van der Waals surface area contributed by atoms with Crippen molar-refractivity contribution >= 4 is 28.1 Å². The average Bonchev–Trinajstić information content (AvgIpc) is 2.48. The zero-order valence-electron chi connectivity index (χ0n) is 12.7. The maximum absolute atomic E-state index is 6.33. The van der Waals surface area contributed by atoms with Gasteiger partial charge in [0.25, 0.3) is 0 Å². The summed E-state index contributed by atoms with van der Waals surface area (Å²) in [6.45, 7) is 6.54. The quantitative estimate of drug-likeness (QED) is 0.751. The SMILES string of the molecule is C[Si](O[Si])O[Si](C)(C)C(c1ccccc1)c1ccccc1. The molecule has 0 unspecified atom stereocenters. The molecule has 0 aliphatic rings. The number of hydrogen-bond acceptors (Lipinski definition) is 2. The van der Waals surface area contributed by atoms with Gasteiger partial charge in [0.05, 0.1) is 0 Å². The van der Waals surface area contributed by atoms with Crippen LogP contribution < -0.4 is 0 Å². The van der Waals surface area contributed by atoms with E-state index in [1.54, 1.807) is 0 Å². The lowest BCUT2D eigenvalue weighted by molar-refractivity contribution is 0.442. The van der Waals surface area contributed by atoms with Crippen LogP contribution in [0.4, 0.5) is 0 Å². The molecule has 0 bridgehead atoms. The molecule has 0 N–H and O–H groups in total. The van der Waals surface area contributed by atoms with Gasteiger partial charge in [-0.1, -0.05) is 60.7 Å². The summed E-state index contributed by atoms with van der Waals surface area (Å²) < 4.78 is 11.6. The van der Waals surface area contributed by atoms with E-state index in [1.165, 1.54) is 11.1 Å². The summed E-state index contributed by atoms with van der Waals surface area (Å²) in [7, 11) is -0.157. The Morgan fingerprint density at radius 1 is 0.905 bits per heavy atom. The molecule has 108 valence electrons. The van der Waals surface area contributed by atoms with Gasteiger partial charge in [0.15, 0.2) is 8.32 Å². The van der Waals surface area contributed by atoms with E-state index < -0.39 is 17.6 Å². The summed E-state index contributed by atoms with van der Waals surface area (Å²) in [5.41, 5.74) is 2.91. The van der Waals surface area contributed by atoms with Gasteiger partial charge < -0.3 is 8.23 Å². The zero-order valence-corrected chi connectivity index (χ0v) is 15.7. The Balaban J connectivity index is 2.41. The summed E-state index contributed by atoms with van der Waals surface area (Å²) in [6.07, 6.45) is 0. The third-order valence-electron chi connectivity index (χ3n) is 3.51. The Bertz CT molecular complexity index is 506. The second-order valence-corrected chi connectivity index (χ2v) is 12.0. The minimum Gasteiger partial charge on any atom is -0.436 e. The van der Waals surface area contributed by atoms with Crippen LogP contribution in [-0.2, 0) is 8.23 Å². The molecule has 0 spiro atoms. The van der Waals surface area contributed by atoms with Crippen LogP contribution in [0.25, 0.3) is 0 Å². The van der Waals surface area contributed by atoms with Gasteiger partial charge in [0, 0.05) is 5.54 Å². The maximum atomic E-state index is 6.33. The van der Waals surface area contributed by atoms with E-state index >= 15 is 0 Å². The number of benzene rings is 2. The summed E-state index contributed by atoms with van der Waals surface area (Å²) in [6, 6.07) is 21.2. The molecule has 2 rings (SSSR count). The molecule has 0 aromatic heterocycles. The topological polar surface area (TPSA) is 18.5 Å². The lowest BCUT2D eigenvalue weighted by Gasteiger charge is -2.34.